The van der Waals surface area contributed by atoms with Crippen LogP contribution in [0, 0.1) is 7.05 Å². The summed E-state index contributed by atoms with van der Waals surface area (Å²) in [6.45, 7) is 0.257. The summed E-state index contributed by atoms with van der Waals surface area (Å²) in [6.07, 6.45) is 0. The van der Waals surface area contributed by atoms with Crippen molar-refractivity contribution < 1.29 is 8.42 Å². The molecule has 5 heteroatoms. The molecule has 13 heavy (non-hydrogen) atoms. The van der Waals surface area contributed by atoms with Gasteiger partial charge in [0.05, 0.1) is 4.90 Å². The van der Waals surface area contributed by atoms with E-state index in [0.29, 0.717) is 5.56 Å². The highest BCUT2D eigenvalue weighted by molar-refractivity contribution is 7.89. The first-order valence-electron chi connectivity index (χ1n) is 3.59. The van der Waals surface area contributed by atoms with E-state index in [1.165, 1.54) is 6.07 Å². The Hall–Kier alpha value is -1.04. The van der Waals surface area contributed by atoms with Gasteiger partial charge in [0.2, 0.25) is 10.0 Å². The second-order valence-electron chi connectivity index (χ2n) is 2.53. The first-order chi connectivity index (χ1) is 6.05. The van der Waals surface area contributed by atoms with Crippen LogP contribution in [0.5, 0.6) is 0 Å². The van der Waals surface area contributed by atoms with Gasteiger partial charge in [0.25, 0.3) is 0 Å². The molecule has 0 unspecified atom stereocenters. The summed E-state index contributed by atoms with van der Waals surface area (Å²) in [4.78, 5) is 0.113. The highest BCUT2D eigenvalue weighted by atomic mass is 32.2. The van der Waals surface area contributed by atoms with Gasteiger partial charge in [-0.3, -0.25) is 0 Å². The lowest BCUT2D eigenvalue weighted by atomic mass is 10.2. The van der Waals surface area contributed by atoms with Crippen molar-refractivity contribution in [2.45, 2.75) is 11.4 Å². The molecule has 0 saturated carbocycles. The average molecular weight is 198 g/mol. The van der Waals surface area contributed by atoms with Gasteiger partial charge in [-0.25, -0.2) is 13.6 Å². The summed E-state index contributed by atoms with van der Waals surface area (Å²) in [5.41, 5.74) is 0.569. The molecule has 0 heterocycles. The summed E-state index contributed by atoms with van der Waals surface area (Å²) in [7, 11) is -0.350. The van der Waals surface area contributed by atoms with Crippen LogP contribution in [0.4, 0.5) is 0 Å². The summed E-state index contributed by atoms with van der Waals surface area (Å²) >= 11 is 0. The lowest BCUT2D eigenvalue weighted by molar-refractivity contribution is 0.597. The number of rotatable bonds is 3. The lowest BCUT2D eigenvalue weighted by Gasteiger charge is -2.09. The van der Waals surface area contributed by atoms with Crippen LogP contribution in [-0.4, -0.2) is 8.42 Å². The fourth-order valence-electron chi connectivity index (χ4n) is 1.03. The molecule has 0 aliphatic rings. The van der Waals surface area contributed by atoms with Crippen molar-refractivity contribution in [3.05, 3.63) is 42.2 Å². The zero-order valence-electron chi connectivity index (χ0n) is 6.97. The maximum atomic E-state index is 11.0. The predicted octanol–water partition coefficient (Wildman–Crippen LogP) is 0.999. The van der Waals surface area contributed by atoms with Gasteiger partial charge in [0, 0.05) is 0 Å². The van der Waals surface area contributed by atoms with E-state index >= 15 is 0 Å². The normalized spacial score (nSPS) is 11.5. The van der Waals surface area contributed by atoms with Crippen molar-refractivity contribution in [3.8, 4) is 0 Å². The van der Waals surface area contributed by atoms with Crippen molar-refractivity contribution in [1.29, 1.82) is 0 Å². The van der Waals surface area contributed by atoms with Crippen molar-refractivity contribution in [2.75, 3.05) is 0 Å². The standard InChI is InChI=1S/C8H10N2O2S/c1-10-6-7-4-2-3-5-8(7)13(9,11)12/h2-5H,1,6H2,(H2,9,11,12). The monoisotopic (exact) mass is 198 g/mol. The molecule has 0 aliphatic heterocycles. The second kappa shape index (κ2) is 3.78. The van der Waals surface area contributed by atoms with Crippen molar-refractivity contribution in [1.82, 2.24) is 0 Å². The first-order valence-corrected chi connectivity index (χ1v) is 5.13. The third-order valence-electron chi connectivity index (χ3n) is 1.56. The van der Waals surface area contributed by atoms with E-state index in [1.54, 1.807) is 18.2 Å². The van der Waals surface area contributed by atoms with Crippen molar-refractivity contribution in [3.63, 3.8) is 0 Å². The van der Waals surface area contributed by atoms with E-state index in [9.17, 15) is 8.42 Å². The molecule has 0 radical (unpaired) electrons. The molecule has 0 saturated heterocycles. The third-order valence-corrected chi connectivity index (χ3v) is 2.57. The minimum Gasteiger partial charge on any atom is -0.454 e. The Balaban J connectivity index is 3.20. The molecule has 1 aromatic rings. The number of primary sulfonamides is 1. The van der Waals surface area contributed by atoms with E-state index in [-0.39, 0.29) is 11.4 Å². The third kappa shape index (κ3) is 2.45. The van der Waals surface area contributed by atoms with Gasteiger partial charge in [0.1, 0.15) is 0 Å². The second-order valence-corrected chi connectivity index (χ2v) is 4.06. The molecule has 0 fully saturated rings. The largest absolute Gasteiger partial charge is 0.454 e. The van der Waals surface area contributed by atoms with E-state index in [2.05, 4.69) is 12.4 Å². The Morgan fingerprint density at radius 2 is 2.00 bits per heavy atom. The number of hydrogen-bond donors (Lipinski definition) is 1. The summed E-state index contributed by atoms with van der Waals surface area (Å²) in [5, 5.41) is 8.61. The summed E-state index contributed by atoms with van der Waals surface area (Å²) in [6, 6.07) is 6.46. The lowest BCUT2D eigenvalue weighted by Crippen LogP contribution is -2.14. The van der Waals surface area contributed by atoms with E-state index in [0.717, 1.165) is 0 Å². The molecule has 1 aromatic carbocycles. The van der Waals surface area contributed by atoms with Crippen LogP contribution >= 0.6 is 0 Å². The Bertz CT molecular complexity index is 387. The molecule has 70 valence electrons. The van der Waals surface area contributed by atoms with Gasteiger partial charge in [-0.15, -0.1) is 0 Å². The Morgan fingerprint density at radius 1 is 1.38 bits per heavy atom. The number of hydrogen-bond acceptors (Lipinski definition) is 2. The molecule has 0 atom stereocenters. The van der Waals surface area contributed by atoms with E-state index in [4.69, 9.17) is 5.14 Å². The van der Waals surface area contributed by atoms with Gasteiger partial charge in [-0.2, -0.15) is 0 Å². The zero-order valence-corrected chi connectivity index (χ0v) is 7.79. The van der Waals surface area contributed by atoms with Gasteiger partial charge in [0.15, 0.2) is 0 Å². The SMILES string of the molecule is [CH2+][N-]Cc1ccccc1S(N)(=O)=O. The molecule has 0 aromatic heterocycles. The van der Waals surface area contributed by atoms with Crippen LogP contribution < -0.4 is 5.14 Å². The van der Waals surface area contributed by atoms with Gasteiger partial charge >= 0.3 is 0 Å². The average Bonchev–Trinajstić information content (AvgIpc) is 2.04. The van der Waals surface area contributed by atoms with Crippen LogP contribution in [-0.2, 0) is 16.6 Å². The first kappa shape index (κ1) is 10.0. The molecule has 2 N–H and O–H groups in total. The summed E-state index contributed by atoms with van der Waals surface area (Å²) in [5.74, 6) is 0. The molecule has 0 amide bonds. The Morgan fingerprint density at radius 3 is 2.54 bits per heavy atom. The molecule has 1 rings (SSSR count). The fraction of sp³-hybridized carbons (Fsp3) is 0.125. The summed E-state index contributed by atoms with van der Waals surface area (Å²) < 4.78 is 22.1. The van der Waals surface area contributed by atoms with Crippen LogP contribution in [0.1, 0.15) is 5.56 Å². The number of sulfonamides is 1. The molecule has 0 spiro atoms. The maximum Gasteiger partial charge on any atom is 0.238 e. The van der Waals surface area contributed by atoms with Crippen LogP contribution in [0.2, 0.25) is 0 Å². The maximum absolute atomic E-state index is 11.0. The number of benzene rings is 1. The molecule has 4 nitrogen and oxygen atoms in total. The van der Waals surface area contributed by atoms with Gasteiger partial charge in [-0.1, -0.05) is 24.7 Å². The predicted molar refractivity (Wildman–Crippen MR) is 50.2 cm³/mol. The van der Waals surface area contributed by atoms with Gasteiger partial charge in [-0.05, 0) is 18.7 Å². The molecule has 0 bridgehead atoms. The smallest absolute Gasteiger partial charge is 0.238 e. The van der Waals surface area contributed by atoms with Crippen molar-refractivity contribution >= 4 is 10.0 Å². The minimum atomic E-state index is -3.64. The Kier molecular flexibility index (Phi) is 2.92. The van der Waals surface area contributed by atoms with Crippen molar-refractivity contribution in [2.24, 2.45) is 5.14 Å². The Labute approximate surface area is 77.8 Å². The minimum absolute atomic E-state index is 0.113. The molecular weight excluding hydrogens is 188 g/mol. The quantitative estimate of drug-likeness (QED) is 0.736. The van der Waals surface area contributed by atoms with Crippen LogP contribution in [0.25, 0.3) is 5.32 Å². The number of nitrogens with two attached hydrogens (primary N) is 1. The number of nitrogens with zero attached hydrogens (tertiary/aromatic N) is 1. The van der Waals surface area contributed by atoms with E-state index in [1.807, 2.05) is 0 Å². The van der Waals surface area contributed by atoms with Crippen LogP contribution in [0.3, 0.4) is 0 Å². The highest BCUT2D eigenvalue weighted by Crippen LogP contribution is 2.15. The zero-order chi connectivity index (χ0) is 9.90. The van der Waals surface area contributed by atoms with E-state index < -0.39 is 10.0 Å². The van der Waals surface area contributed by atoms with Gasteiger partial charge < -0.3 is 5.32 Å². The molecule has 0 aliphatic carbocycles. The van der Waals surface area contributed by atoms with Crippen LogP contribution in [0.15, 0.2) is 29.2 Å². The molecular formula is C8H10N2O2S. The highest BCUT2D eigenvalue weighted by Gasteiger charge is 2.10. The fourth-order valence-corrected chi connectivity index (χ4v) is 1.80. The topological polar surface area (TPSA) is 74.3 Å².